The normalized spacial score (nSPS) is 11.5. The number of carbonyl (C=O) groups excluding carboxylic acids is 1. The van der Waals surface area contributed by atoms with Crippen LogP contribution in [0.2, 0.25) is 5.02 Å². The van der Waals surface area contributed by atoms with Gasteiger partial charge in [-0.05, 0) is 33.8 Å². The second kappa shape index (κ2) is 6.21. The highest BCUT2D eigenvalue weighted by molar-refractivity contribution is 6.32. The van der Waals surface area contributed by atoms with Gasteiger partial charge in [0.25, 0.3) is 5.91 Å². The molecule has 106 valence electrons. The highest BCUT2D eigenvalue weighted by Crippen LogP contribution is 2.23. The average molecular weight is 287 g/mol. The van der Waals surface area contributed by atoms with Crippen molar-refractivity contribution in [2.45, 2.75) is 39.3 Å². The Kier molecular flexibility index (Phi) is 5.14. The Morgan fingerprint density at radius 2 is 2.21 bits per heavy atom. The predicted octanol–water partition coefficient (Wildman–Crippen LogP) is 2.02. The maximum Gasteiger partial charge on any atom is 0.253 e. The van der Waals surface area contributed by atoms with Crippen LogP contribution in [-0.4, -0.2) is 34.2 Å². The van der Waals surface area contributed by atoms with Gasteiger partial charge in [-0.3, -0.25) is 4.79 Å². The third-order valence-corrected chi connectivity index (χ3v) is 2.53. The van der Waals surface area contributed by atoms with Gasteiger partial charge in [-0.15, -0.1) is 0 Å². The standard InChI is InChI=1S/C13H19ClN2O3/c1-8(2)19-12-10(14)5-9(6-15-12)11(18)16-13(3,4)7-17/h5-6,8,17H,7H2,1-4H3,(H,16,18). The molecule has 0 atom stereocenters. The number of aliphatic hydroxyl groups excluding tert-OH is 1. The van der Waals surface area contributed by atoms with Crippen molar-refractivity contribution in [1.29, 1.82) is 0 Å². The summed E-state index contributed by atoms with van der Waals surface area (Å²) in [5.41, 5.74) is -0.376. The summed E-state index contributed by atoms with van der Waals surface area (Å²) in [5.74, 6) is -0.0424. The molecule has 0 aliphatic rings. The van der Waals surface area contributed by atoms with E-state index in [0.29, 0.717) is 11.4 Å². The van der Waals surface area contributed by atoms with Crippen molar-refractivity contribution in [3.8, 4) is 5.88 Å². The zero-order valence-corrected chi connectivity index (χ0v) is 12.3. The minimum Gasteiger partial charge on any atom is -0.474 e. The average Bonchev–Trinajstić information content (AvgIpc) is 2.30. The van der Waals surface area contributed by atoms with Gasteiger partial charge in [0.15, 0.2) is 0 Å². The maximum atomic E-state index is 11.9. The molecule has 1 rings (SSSR count). The van der Waals surface area contributed by atoms with Gasteiger partial charge in [0, 0.05) is 6.20 Å². The molecule has 1 heterocycles. The van der Waals surface area contributed by atoms with Gasteiger partial charge in [-0.1, -0.05) is 11.6 Å². The number of rotatable bonds is 5. The number of pyridine rings is 1. The SMILES string of the molecule is CC(C)Oc1ncc(C(=O)NC(C)(C)CO)cc1Cl. The molecule has 0 bridgehead atoms. The van der Waals surface area contributed by atoms with Crippen LogP contribution in [-0.2, 0) is 0 Å². The third kappa shape index (κ3) is 4.69. The molecule has 0 saturated heterocycles. The molecule has 6 heteroatoms. The van der Waals surface area contributed by atoms with E-state index in [-0.39, 0.29) is 23.6 Å². The number of aromatic nitrogens is 1. The zero-order chi connectivity index (χ0) is 14.6. The predicted molar refractivity (Wildman–Crippen MR) is 73.6 cm³/mol. The lowest BCUT2D eigenvalue weighted by atomic mass is 10.1. The van der Waals surface area contributed by atoms with Crippen molar-refractivity contribution >= 4 is 17.5 Å². The Bertz CT molecular complexity index is 461. The Morgan fingerprint density at radius 1 is 1.58 bits per heavy atom. The molecular weight excluding hydrogens is 268 g/mol. The first-order valence-electron chi connectivity index (χ1n) is 6.01. The monoisotopic (exact) mass is 286 g/mol. The summed E-state index contributed by atoms with van der Waals surface area (Å²) in [4.78, 5) is 16.0. The molecule has 1 aromatic rings. The summed E-state index contributed by atoms with van der Waals surface area (Å²) in [6.45, 7) is 7.01. The van der Waals surface area contributed by atoms with Crippen LogP contribution in [0.5, 0.6) is 5.88 Å². The van der Waals surface area contributed by atoms with E-state index in [1.807, 2.05) is 13.8 Å². The van der Waals surface area contributed by atoms with Gasteiger partial charge in [0.05, 0.1) is 23.8 Å². The minimum atomic E-state index is -0.698. The highest BCUT2D eigenvalue weighted by atomic mass is 35.5. The summed E-state index contributed by atoms with van der Waals surface area (Å²) in [6, 6.07) is 1.50. The molecular formula is C13H19ClN2O3. The van der Waals surface area contributed by atoms with Gasteiger partial charge in [0.2, 0.25) is 5.88 Å². The molecule has 0 aliphatic heterocycles. The second-order valence-corrected chi connectivity index (χ2v) is 5.58. The van der Waals surface area contributed by atoms with E-state index < -0.39 is 5.54 Å². The van der Waals surface area contributed by atoms with E-state index in [4.69, 9.17) is 21.4 Å². The number of amides is 1. The number of nitrogens with zero attached hydrogens (tertiary/aromatic N) is 1. The number of hydrogen-bond donors (Lipinski definition) is 2. The minimum absolute atomic E-state index is 0.0435. The fraction of sp³-hybridized carbons (Fsp3) is 0.538. The number of carbonyl (C=O) groups is 1. The number of aliphatic hydroxyl groups is 1. The molecule has 0 fully saturated rings. The summed E-state index contributed by atoms with van der Waals surface area (Å²) >= 11 is 6.01. The molecule has 19 heavy (non-hydrogen) atoms. The molecule has 0 saturated carbocycles. The highest BCUT2D eigenvalue weighted by Gasteiger charge is 2.21. The Labute approximate surface area is 117 Å². The van der Waals surface area contributed by atoms with Crippen LogP contribution in [0.15, 0.2) is 12.3 Å². The van der Waals surface area contributed by atoms with Crippen LogP contribution in [0.25, 0.3) is 0 Å². The summed E-state index contributed by atoms with van der Waals surface area (Å²) < 4.78 is 5.39. The van der Waals surface area contributed by atoms with Crippen LogP contribution in [0.1, 0.15) is 38.1 Å². The van der Waals surface area contributed by atoms with E-state index >= 15 is 0 Å². The van der Waals surface area contributed by atoms with Gasteiger partial charge < -0.3 is 15.2 Å². The van der Waals surface area contributed by atoms with Crippen molar-refractivity contribution in [1.82, 2.24) is 10.3 Å². The van der Waals surface area contributed by atoms with Crippen molar-refractivity contribution in [3.63, 3.8) is 0 Å². The van der Waals surface area contributed by atoms with E-state index in [2.05, 4.69) is 10.3 Å². The lowest BCUT2D eigenvalue weighted by Crippen LogP contribution is -2.46. The smallest absolute Gasteiger partial charge is 0.253 e. The van der Waals surface area contributed by atoms with Gasteiger partial charge in [-0.2, -0.15) is 0 Å². The van der Waals surface area contributed by atoms with E-state index in [9.17, 15) is 4.79 Å². The summed E-state index contributed by atoms with van der Waals surface area (Å²) in [7, 11) is 0. The summed E-state index contributed by atoms with van der Waals surface area (Å²) in [5, 5.41) is 12.1. The molecule has 0 aromatic carbocycles. The number of ether oxygens (including phenoxy) is 1. The lowest BCUT2D eigenvalue weighted by molar-refractivity contribution is 0.0869. The fourth-order valence-corrected chi connectivity index (χ4v) is 1.49. The van der Waals surface area contributed by atoms with Gasteiger partial charge >= 0.3 is 0 Å². The molecule has 1 amide bonds. The first-order chi connectivity index (χ1) is 8.75. The van der Waals surface area contributed by atoms with Crippen LogP contribution < -0.4 is 10.1 Å². The van der Waals surface area contributed by atoms with Crippen LogP contribution in [0.4, 0.5) is 0 Å². The van der Waals surface area contributed by atoms with Crippen LogP contribution in [0.3, 0.4) is 0 Å². The molecule has 0 unspecified atom stereocenters. The molecule has 0 spiro atoms. The van der Waals surface area contributed by atoms with Crippen LogP contribution in [0, 0.1) is 0 Å². The quantitative estimate of drug-likeness (QED) is 0.869. The van der Waals surface area contributed by atoms with E-state index in [0.717, 1.165) is 0 Å². The first-order valence-corrected chi connectivity index (χ1v) is 6.38. The van der Waals surface area contributed by atoms with Crippen LogP contribution >= 0.6 is 11.6 Å². The summed E-state index contributed by atoms with van der Waals surface area (Å²) in [6.07, 6.45) is 1.35. The number of nitrogens with one attached hydrogen (secondary N) is 1. The largest absolute Gasteiger partial charge is 0.474 e. The van der Waals surface area contributed by atoms with Crippen molar-refractivity contribution in [3.05, 3.63) is 22.8 Å². The van der Waals surface area contributed by atoms with Gasteiger partial charge in [-0.25, -0.2) is 4.98 Å². The van der Waals surface area contributed by atoms with E-state index in [1.54, 1.807) is 13.8 Å². The molecule has 5 nitrogen and oxygen atoms in total. The number of hydrogen-bond acceptors (Lipinski definition) is 4. The molecule has 2 N–H and O–H groups in total. The lowest BCUT2D eigenvalue weighted by Gasteiger charge is -2.23. The molecule has 0 radical (unpaired) electrons. The Morgan fingerprint density at radius 3 is 2.68 bits per heavy atom. The third-order valence-electron chi connectivity index (χ3n) is 2.26. The van der Waals surface area contributed by atoms with E-state index in [1.165, 1.54) is 12.3 Å². The van der Waals surface area contributed by atoms with Crippen molar-refractivity contribution < 1.29 is 14.6 Å². The van der Waals surface area contributed by atoms with Crippen molar-refractivity contribution in [2.24, 2.45) is 0 Å². The molecule has 0 aliphatic carbocycles. The fourth-order valence-electron chi connectivity index (χ4n) is 1.28. The van der Waals surface area contributed by atoms with Gasteiger partial charge in [0.1, 0.15) is 5.02 Å². The topological polar surface area (TPSA) is 71.5 Å². The Hall–Kier alpha value is -1.33. The first kappa shape index (κ1) is 15.7. The maximum absolute atomic E-state index is 11.9. The van der Waals surface area contributed by atoms with Crippen molar-refractivity contribution in [2.75, 3.05) is 6.61 Å². The Balaban J connectivity index is 2.86. The number of halogens is 1. The molecule has 1 aromatic heterocycles. The second-order valence-electron chi connectivity index (χ2n) is 5.17. The zero-order valence-electron chi connectivity index (χ0n) is 11.5.